The van der Waals surface area contributed by atoms with Crippen molar-refractivity contribution in [3.63, 3.8) is 0 Å². The lowest BCUT2D eigenvalue weighted by atomic mass is 9.93. The minimum absolute atomic E-state index is 0.152. The quantitative estimate of drug-likeness (QED) is 0.878. The summed E-state index contributed by atoms with van der Waals surface area (Å²) in [4.78, 5) is 15.4. The van der Waals surface area contributed by atoms with E-state index in [0.717, 1.165) is 12.3 Å². The molecule has 1 heterocycles. The molecule has 0 aliphatic carbocycles. The van der Waals surface area contributed by atoms with Gasteiger partial charge in [-0.2, -0.15) is 13.2 Å². The summed E-state index contributed by atoms with van der Waals surface area (Å²) < 4.78 is 57.5. The molecule has 8 heteroatoms. The minimum Gasteiger partial charge on any atom is -0.494 e. The molecule has 0 fully saturated rings. The number of halogens is 4. The number of methoxy groups -OCH3 is 1. The lowest BCUT2D eigenvalue weighted by Crippen LogP contribution is -2.24. The lowest BCUT2D eigenvalue weighted by Gasteiger charge is -2.17. The van der Waals surface area contributed by atoms with Crippen molar-refractivity contribution in [2.45, 2.75) is 12.1 Å². The van der Waals surface area contributed by atoms with Crippen LogP contribution in [-0.4, -0.2) is 18.0 Å². The summed E-state index contributed by atoms with van der Waals surface area (Å²) in [6.07, 6.45) is -3.72. The van der Waals surface area contributed by atoms with Gasteiger partial charge in [-0.15, -0.1) is 0 Å². The monoisotopic (exact) mass is 328 g/mol. The number of ether oxygens (including phenoxy) is 1. The number of carbonyl (C=O) groups excluding carboxylic acids is 1. The number of primary amides is 1. The third-order valence-electron chi connectivity index (χ3n) is 3.21. The third kappa shape index (κ3) is 3.41. The van der Waals surface area contributed by atoms with E-state index in [1.807, 2.05) is 0 Å². The predicted octanol–water partition coefficient (Wildman–Crippen LogP) is 2.87. The van der Waals surface area contributed by atoms with Crippen molar-refractivity contribution in [3.05, 3.63) is 59.2 Å². The number of hydrogen-bond acceptors (Lipinski definition) is 3. The molecule has 0 saturated heterocycles. The number of nitrogens with two attached hydrogens (primary N) is 1. The van der Waals surface area contributed by atoms with E-state index < -0.39 is 29.4 Å². The van der Waals surface area contributed by atoms with Gasteiger partial charge in [-0.1, -0.05) is 12.1 Å². The van der Waals surface area contributed by atoms with Crippen LogP contribution in [0.1, 0.15) is 22.7 Å². The number of carbonyl (C=O) groups is 1. The Labute approximate surface area is 128 Å². The van der Waals surface area contributed by atoms with E-state index in [0.29, 0.717) is 6.07 Å². The Balaban J connectivity index is 2.59. The molecule has 0 saturated carbocycles. The average molecular weight is 328 g/mol. The molecule has 0 bridgehead atoms. The summed E-state index contributed by atoms with van der Waals surface area (Å²) in [6.45, 7) is 0. The molecule has 4 nitrogen and oxygen atoms in total. The molecule has 0 aliphatic rings. The van der Waals surface area contributed by atoms with Crippen LogP contribution in [0.5, 0.6) is 5.75 Å². The van der Waals surface area contributed by atoms with Crippen LogP contribution in [0.2, 0.25) is 0 Å². The van der Waals surface area contributed by atoms with Crippen LogP contribution >= 0.6 is 0 Å². The van der Waals surface area contributed by atoms with Crippen molar-refractivity contribution >= 4 is 5.91 Å². The van der Waals surface area contributed by atoms with Crippen molar-refractivity contribution in [1.82, 2.24) is 4.98 Å². The minimum atomic E-state index is -4.62. The van der Waals surface area contributed by atoms with Crippen LogP contribution in [0.3, 0.4) is 0 Å². The summed E-state index contributed by atoms with van der Waals surface area (Å²) in [5, 5.41) is 0. The summed E-state index contributed by atoms with van der Waals surface area (Å²) in [6, 6.07) is 5.39. The van der Waals surface area contributed by atoms with Crippen LogP contribution in [0.4, 0.5) is 17.6 Å². The maximum Gasteiger partial charge on any atom is 0.416 e. The van der Waals surface area contributed by atoms with Gasteiger partial charge in [-0.3, -0.25) is 9.78 Å². The zero-order chi connectivity index (χ0) is 17.2. The highest BCUT2D eigenvalue weighted by Gasteiger charge is 2.33. The van der Waals surface area contributed by atoms with Crippen LogP contribution in [0, 0.1) is 5.82 Å². The number of benzene rings is 1. The fourth-order valence-electron chi connectivity index (χ4n) is 2.15. The number of amides is 1. The van der Waals surface area contributed by atoms with Crippen LogP contribution in [0.15, 0.2) is 36.5 Å². The summed E-state index contributed by atoms with van der Waals surface area (Å²) >= 11 is 0. The SMILES string of the molecule is COc1cccc(C(C(N)=O)c2cc(C(F)(F)F)ccn2)c1F. The normalized spacial score (nSPS) is 12.7. The van der Waals surface area contributed by atoms with Crippen molar-refractivity contribution in [3.8, 4) is 5.75 Å². The summed E-state index contributed by atoms with van der Waals surface area (Å²) in [5.74, 6) is -3.52. The van der Waals surface area contributed by atoms with Gasteiger partial charge in [0.05, 0.1) is 18.4 Å². The van der Waals surface area contributed by atoms with Crippen molar-refractivity contribution in [1.29, 1.82) is 0 Å². The molecule has 122 valence electrons. The van der Waals surface area contributed by atoms with Crippen molar-refractivity contribution in [2.75, 3.05) is 7.11 Å². The Hall–Kier alpha value is -2.64. The molecule has 23 heavy (non-hydrogen) atoms. The zero-order valence-electron chi connectivity index (χ0n) is 11.9. The summed E-state index contributed by atoms with van der Waals surface area (Å²) in [5.41, 5.74) is 3.75. The molecule has 0 radical (unpaired) electrons. The van der Waals surface area contributed by atoms with Crippen molar-refractivity contribution < 1.29 is 27.1 Å². The van der Waals surface area contributed by atoms with Gasteiger partial charge in [-0.05, 0) is 18.2 Å². The fourth-order valence-corrected chi connectivity index (χ4v) is 2.15. The number of rotatable bonds is 4. The topological polar surface area (TPSA) is 65.2 Å². The van der Waals surface area contributed by atoms with E-state index in [1.54, 1.807) is 0 Å². The Morgan fingerprint density at radius 3 is 2.57 bits per heavy atom. The second-order valence-corrected chi connectivity index (χ2v) is 4.67. The first-order valence-electron chi connectivity index (χ1n) is 6.40. The smallest absolute Gasteiger partial charge is 0.416 e. The van der Waals surface area contributed by atoms with Gasteiger partial charge < -0.3 is 10.5 Å². The number of alkyl halides is 3. The van der Waals surface area contributed by atoms with E-state index >= 15 is 0 Å². The molecule has 2 rings (SSSR count). The number of aromatic nitrogens is 1. The van der Waals surface area contributed by atoms with Crippen molar-refractivity contribution in [2.24, 2.45) is 5.73 Å². The molecule has 0 spiro atoms. The highest BCUT2D eigenvalue weighted by atomic mass is 19.4. The maximum atomic E-state index is 14.3. The largest absolute Gasteiger partial charge is 0.494 e. The number of hydrogen-bond donors (Lipinski definition) is 1. The van der Waals surface area contributed by atoms with Gasteiger partial charge in [0.1, 0.15) is 5.92 Å². The zero-order valence-corrected chi connectivity index (χ0v) is 11.9. The van der Waals surface area contributed by atoms with E-state index in [4.69, 9.17) is 10.5 Å². The third-order valence-corrected chi connectivity index (χ3v) is 3.21. The van der Waals surface area contributed by atoms with Gasteiger partial charge in [0.15, 0.2) is 11.6 Å². The Kier molecular flexibility index (Phi) is 4.53. The van der Waals surface area contributed by atoms with Gasteiger partial charge >= 0.3 is 6.18 Å². The van der Waals surface area contributed by atoms with Crippen LogP contribution in [0.25, 0.3) is 0 Å². The Morgan fingerprint density at radius 2 is 2.00 bits per heavy atom. The average Bonchev–Trinajstić information content (AvgIpc) is 2.48. The van der Waals surface area contributed by atoms with Gasteiger partial charge in [0, 0.05) is 11.8 Å². The first kappa shape index (κ1) is 16.7. The van der Waals surface area contributed by atoms with Gasteiger partial charge in [0.2, 0.25) is 5.91 Å². The number of pyridine rings is 1. The van der Waals surface area contributed by atoms with Crippen LogP contribution < -0.4 is 10.5 Å². The molecular formula is C15H12F4N2O2. The molecule has 2 aromatic rings. The molecule has 1 aromatic carbocycles. The molecule has 1 amide bonds. The molecular weight excluding hydrogens is 316 g/mol. The molecule has 2 N–H and O–H groups in total. The fraction of sp³-hybridized carbons (Fsp3) is 0.200. The second kappa shape index (κ2) is 6.23. The summed E-state index contributed by atoms with van der Waals surface area (Å²) in [7, 11) is 1.23. The van der Waals surface area contributed by atoms with Gasteiger partial charge in [0.25, 0.3) is 0 Å². The first-order chi connectivity index (χ1) is 10.8. The van der Waals surface area contributed by atoms with Gasteiger partial charge in [-0.25, -0.2) is 4.39 Å². The Bertz CT molecular complexity index is 732. The highest BCUT2D eigenvalue weighted by Crippen LogP contribution is 2.34. The molecule has 1 unspecified atom stereocenters. The number of nitrogens with zero attached hydrogens (tertiary/aromatic N) is 1. The van der Waals surface area contributed by atoms with E-state index in [2.05, 4.69) is 4.98 Å². The van der Waals surface area contributed by atoms with E-state index in [9.17, 15) is 22.4 Å². The Morgan fingerprint density at radius 1 is 1.30 bits per heavy atom. The molecule has 1 atom stereocenters. The van der Waals surface area contributed by atoms with E-state index in [1.165, 1.54) is 25.3 Å². The van der Waals surface area contributed by atoms with Crippen LogP contribution in [-0.2, 0) is 11.0 Å². The second-order valence-electron chi connectivity index (χ2n) is 4.67. The predicted molar refractivity (Wildman–Crippen MR) is 73.2 cm³/mol. The first-order valence-corrected chi connectivity index (χ1v) is 6.40. The van der Waals surface area contributed by atoms with E-state index in [-0.39, 0.29) is 17.0 Å². The highest BCUT2D eigenvalue weighted by molar-refractivity contribution is 5.85. The molecule has 1 aromatic heterocycles. The maximum absolute atomic E-state index is 14.3. The lowest BCUT2D eigenvalue weighted by molar-refractivity contribution is -0.137. The molecule has 0 aliphatic heterocycles. The standard InChI is InChI=1S/C15H12F4N2O2/c1-23-11-4-2-3-9(13(11)16)12(14(20)22)10-7-8(5-6-21-10)15(17,18)19/h2-7,12H,1H3,(H2,20,22).